The lowest BCUT2D eigenvalue weighted by Crippen LogP contribution is -2.12. The molecule has 0 heterocycles. The van der Waals surface area contributed by atoms with Gasteiger partial charge in [0, 0.05) is 11.3 Å². The fourth-order valence-corrected chi connectivity index (χ4v) is 4.03. The lowest BCUT2D eigenvalue weighted by Gasteiger charge is -2.16. The zero-order chi connectivity index (χ0) is 25.3. The molecule has 0 saturated carbocycles. The van der Waals surface area contributed by atoms with Gasteiger partial charge in [-0.25, -0.2) is 0 Å². The number of rotatable bonds is 10. The van der Waals surface area contributed by atoms with E-state index < -0.39 is 0 Å². The number of hydrogen-bond donors (Lipinski definition) is 1. The summed E-state index contributed by atoms with van der Waals surface area (Å²) in [6.07, 6.45) is 0. The molecule has 0 saturated heterocycles. The van der Waals surface area contributed by atoms with Crippen LogP contribution in [0.5, 0.6) is 28.7 Å². The Hall–Kier alpha value is -3.97. The molecule has 0 atom stereocenters. The van der Waals surface area contributed by atoms with Crippen LogP contribution < -0.4 is 24.3 Å². The molecule has 0 aliphatic carbocycles. The number of halogens is 1. The van der Waals surface area contributed by atoms with E-state index in [2.05, 4.69) is 21.2 Å². The van der Waals surface area contributed by atoms with Crippen LogP contribution in [0.15, 0.2) is 95.5 Å². The maximum atomic E-state index is 13.0. The molecule has 0 spiro atoms. The second-order valence-electron chi connectivity index (χ2n) is 7.72. The van der Waals surface area contributed by atoms with Crippen molar-refractivity contribution in [3.05, 3.63) is 107 Å². The number of carbonyl (C=O) groups excluding carboxylic acids is 1. The Bertz CT molecular complexity index is 1310. The van der Waals surface area contributed by atoms with Gasteiger partial charge in [0.1, 0.15) is 12.4 Å². The minimum Gasteiger partial charge on any atom is -0.493 e. The van der Waals surface area contributed by atoms with E-state index in [0.717, 1.165) is 5.56 Å². The highest BCUT2D eigenvalue weighted by atomic mass is 79.9. The van der Waals surface area contributed by atoms with Crippen molar-refractivity contribution in [3.8, 4) is 28.7 Å². The molecule has 0 aromatic heterocycles. The van der Waals surface area contributed by atoms with Gasteiger partial charge in [0.2, 0.25) is 0 Å². The Kier molecular flexibility index (Phi) is 8.47. The fraction of sp³-hybridized carbons (Fsp3) is 0.138. The number of amides is 1. The maximum Gasteiger partial charge on any atom is 0.255 e. The molecule has 36 heavy (non-hydrogen) atoms. The predicted octanol–water partition coefficient (Wildman–Crippen LogP) is 7.48. The van der Waals surface area contributed by atoms with Crippen molar-refractivity contribution in [2.45, 2.75) is 13.5 Å². The molecule has 184 valence electrons. The van der Waals surface area contributed by atoms with Crippen LogP contribution in [0.25, 0.3) is 0 Å². The zero-order valence-corrected chi connectivity index (χ0v) is 21.6. The van der Waals surface area contributed by atoms with Gasteiger partial charge in [0.15, 0.2) is 23.0 Å². The van der Waals surface area contributed by atoms with Crippen molar-refractivity contribution in [1.82, 2.24) is 0 Å². The second-order valence-corrected chi connectivity index (χ2v) is 8.58. The van der Waals surface area contributed by atoms with Crippen LogP contribution in [-0.4, -0.2) is 19.6 Å². The summed E-state index contributed by atoms with van der Waals surface area (Å²) in [7, 11) is 1.60. The van der Waals surface area contributed by atoms with E-state index >= 15 is 0 Å². The summed E-state index contributed by atoms with van der Waals surface area (Å²) in [6.45, 7) is 2.71. The van der Waals surface area contributed by atoms with Crippen molar-refractivity contribution in [1.29, 1.82) is 0 Å². The summed E-state index contributed by atoms with van der Waals surface area (Å²) >= 11 is 3.54. The normalized spacial score (nSPS) is 10.4. The summed E-state index contributed by atoms with van der Waals surface area (Å²) in [4.78, 5) is 13.0. The van der Waals surface area contributed by atoms with Crippen molar-refractivity contribution in [3.63, 3.8) is 0 Å². The Morgan fingerprint density at radius 3 is 2.22 bits per heavy atom. The largest absolute Gasteiger partial charge is 0.493 e. The van der Waals surface area contributed by atoms with E-state index in [0.29, 0.717) is 57.7 Å². The fourth-order valence-electron chi connectivity index (χ4n) is 3.47. The van der Waals surface area contributed by atoms with E-state index in [9.17, 15) is 4.79 Å². The number of nitrogens with one attached hydrogen (secondary N) is 1. The van der Waals surface area contributed by atoms with Crippen LogP contribution in [0.2, 0.25) is 0 Å². The SMILES string of the molecule is CCOc1cc(C(=O)Nc2ccc(Oc3ccccc3OC)cc2)cc(Br)c1OCc1ccccc1. The highest BCUT2D eigenvalue weighted by Gasteiger charge is 2.17. The van der Waals surface area contributed by atoms with Gasteiger partial charge < -0.3 is 24.3 Å². The third-order valence-electron chi connectivity index (χ3n) is 5.21. The molecule has 0 aliphatic heterocycles. The van der Waals surface area contributed by atoms with Crippen molar-refractivity contribution in [2.24, 2.45) is 0 Å². The quantitative estimate of drug-likeness (QED) is 0.223. The van der Waals surface area contributed by atoms with Gasteiger partial charge in [-0.05, 0) is 76.9 Å². The van der Waals surface area contributed by atoms with Crippen molar-refractivity contribution >= 4 is 27.5 Å². The van der Waals surface area contributed by atoms with E-state index in [1.807, 2.05) is 61.5 Å². The topological polar surface area (TPSA) is 66.0 Å². The minimum absolute atomic E-state index is 0.273. The summed E-state index contributed by atoms with van der Waals surface area (Å²) in [5, 5.41) is 2.91. The van der Waals surface area contributed by atoms with Crippen LogP contribution in [-0.2, 0) is 6.61 Å². The first-order valence-electron chi connectivity index (χ1n) is 11.4. The Morgan fingerprint density at radius 1 is 0.833 bits per heavy atom. The van der Waals surface area contributed by atoms with E-state index in [1.54, 1.807) is 43.5 Å². The Labute approximate surface area is 218 Å². The number of hydrogen-bond acceptors (Lipinski definition) is 5. The molecule has 0 radical (unpaired) electrons. The molecular weight excluding hydrogens is 522 g/mol. The standard InChI is InChI=1S/C29H26BrNO5/c1-3-34-27-18-21(17-24(30)28(27)35-19-20-9-5-4-6-10-20)29(32)31-22-13-15-23(16-14-22)36-26-12-8-7-11-25(26)33-2/h4-18H,3,19H2,1-2H3,(H,31,32). The summed E-state index contributed by atoms with van der Waals surface area (Å²) in [6, 6.07) is 27.8. The Balaban J connectivity index is 1.46. The molecule has 0 aliphatic rings. The number of benzene rings is 4. The summed E-state index contributed by atoms with van der Waals surface area (Å²) in [5.74, 6) is 2.65. The molecule has 0 bridgehead atoms. The first kappa shape index (κ1) is 25.1. The lowest BCUT2D eigenvalue weighted by atomic mass is 10.1. The average molecular weight is 548 g/mol. The number of para-hydroxylation sites is 2. The number of ether oxygens (including phenoxy) is 4. The van der Waals surface area contributed by atoms with Gasteiger partial charge in [0.25, 0.3) is 5.91 Å². The van der Waals surface area contributed by atoms with Crippen molar-refractivity contribution in [2.75, 3.05) is 19.0 Å². The monoisotopic (exact) mass is 547 g/mol. The van der Waals surface area contributed by atoms with Crippen LogP contribution in [0, 0.1) is 0 Å². The molecule has 4 rings (SSSR count). The van der Waals surface area contributed by atoms with Gasteiger partial charge >= 0.3 is 0 Å². The zero-order valence-electron chi connectivity index (χ0n) is 20.0. The molecule has 4 aromatic carbocycles. The van der Waals surface area contributed by atoms with Crippen LogP contribution in [0.4, 0.5) is 5.69 Å². The second kappa shape index (κ2) is 12.1. The van der Waals surface area contributed by atoms with Crippen LogP contribution in [0.1, 0.15) is 22.8 Å². The molecule has 0 unspecified atom stereocenters. The number of methoxy groups -OCH3 is 1. The van der Waals surface area contributed by atoms with Gasteiger partial charge in [0.05, 0.1) is 18.2 Å². The molecule has 1 N–H and O–H groups in total. The number of carbonyl (C=O) groups is 1. The highest BCUT2D eigenvalue weighted by Crippen LogP contribution is 2.38. The van der Waals surface area contributed by atoms with E-state index in [1.165, 1.54) is 0 Å². The first-order chi connectivity index (χ1) is 17.6. The molecule has 6 nitrogen and oxygen atoms in total. The first-order valence-corrected chi connectivity index (χ1v) is 12.2. The van der Waals surface area contributed by atoms with Gasteiger partial charge in [-0.15, -0.1) is 0 Å². The van der Waals surface area contributed by atoms with Gasteiger partial charge in [-0.3, -0.25) is 4.79 Å². The van der Waals surface area contributed by atoms with Gasteiger partial charge in [-0.2, -0.15) is 0 Å². The van der Waals surface area contributed by atoms with Crippen LogP contribution >= 0.6 is 15.9 Å². The third-order valence-corrected chi connectivity index (χ3v) is 5.80. The smallest absolute Gasteiger partial charge is 0.255 e. The molecule has 4 aromatic rings. The van der Waals surface area contributed by atoms with E-state index in [4.69, 9.17) is 18.9 Å². The molecule has 1 amide bonds. The molecule has 7 heteroatoms. The predicted molar refractivity (Wildman–Crippen MR) is 144 cm³/mol. The number of anilines is 1. The Morgan fingerprint density at radius 2 is 1.53 bits per heavy atom. The molecular formula is C29H26BrNO5. The highest BCUT2D eigenvalue weighted by molar-refractivity contribution is 9.10. The van der Waals surface area contributed by atoms with E-state index in [-0.39, 0.29) is 5.91 Å². The van der Waals surface area contributed by atoms with Crippen LogP contribution in [0.3, 0.4) is 0 Å². The maximum absolute atomic E-state index is 13.0. The summed E-state index contributed by atoms with van der Waals surface area (Å²) in [5.41, 5.74) is 2.10. The lowest BCUT2D eigenvalue weighted by molar-refractivity contribution is 0.102. The average Bonchev–Trinajstić information content (AvgIpc) is 2.90. The minimum atomic E-state index is -0.273. The third kappa shape index (κ3) is 6.37. The van der Waals surface area contributed by atoms with Crippen molar-refractivity contribution < 1.29 is 23.7 Å². The van der Waals surface area contributed by atoms with Gasteiger partial charge in [-0.1, -0.05) is 42.5 Å². The molecule has 0 fully saturated rings. The summed E-state index contributed by atoms with van der Waals surface area (Å²) < 4.78 is 23.6.